The zero-order valence-electron chi connectivity index (χ0n) is 27.9. The average Bonchev–Trinajstić information content (AvgIpc) is 3.41. The molecule has 1 aromatic carbocycles. The van der Waals surface area contributed by atoms with Gasteiger partial charge >= 0.3 is 5.97 Å². The average molecular weight is 616 g/mol. The highest BCUT2D eigenvalue weighted by molar-refractivity contribution is 5.73. The number of likely N-dealkylation sites (N-methyl/N-ethyl adjacent to an activating group) is 1. The lowest BCUT2D eigenvalue weighted by molar-refractivity contribution is -0.328. The highest BCUT2D eigenvalue weighted by Crippen LogP contribution is 2.57. The van der Waals surface area contributed by atoms with Crippen LogP contribution < -0.4 is 0 Å². The predicted octanol–water partition coefficient (Wildman–Crippen LogP) is 4.24. The molecule has 44 heavy (non-hydrogen) atoms. The van der Waals surface area contributed by atoms with Crippen LogP contribution in [0.15, 0.2) is 42.0 Å². The van der Waals surface area contributed by atoms with Crippen LogP contribution in [0, 0.1) is 17.8 Å². The number of hydrogen-bond acceptors (Lipinski definition) is 9. The van der Waals surface area contributed by atoms with Crippen molar-refractivity contribution in [1.29, 1.82) is 0 Å². The van der Waals surface area contributed by atoms with Gasteiger partial charge in [0.05, 0.1) is 29.8 Å². The lowest BCUT2D eigenvalue weighted by Crippen LogP contribution is -2.59. The molecular weight excluding hydrogens is 562 g/mol. The molecule has 1 aromatic rings. The Morgan fingerprint density at radius 3 is 2.34 bits per heavy atom. The van der Waals surface area contributed by atoms with Gasteiger partial charge in [0.15, 0.2) is 12.1 Å². The van der Waals surface area contributed by atoms with Crippen LogP contribution in [-0.2, 0) is 34.9 Å². The van der Waals surface area contributed by atoms with Crippen molar-refractivity contribution >= 4 is 5.97 Å². The number of nitrogens with zero attached hydrogens (tertiary/aromatic N) is 1. The van der Waals surface area contributed by atoms with Gasteiger partial charge in [0.1, 0.15) is 17.8 Å². The Labute approximate surface area is 262 Å². The molecule has 13 atom stereocenters. The van der Waals surface area contributed by atoms with E-state index in [0.717, 1.165) is 11.1 Å². The lowest BCUT2D eigenvalue weighted by Gasteiger charge is -2.47. The van der Waals surface area contributed by atoms with E-state index in [0.29, 0.717) is 25.7 Å². The van der Waals surface area contributed by atoms with Crippen LogP contribution in [0.5, 0.6) is 0 Å². The predicted molar refractivity (Wildman–Crippen MR) is 166 cm³/mol. The molecule has 0 aliphatic carbocycles. The largest absolute Gasteiger partial charge is 0.459 e. The van der Waals surface area contributed by atoms with E-state index in [2.05, 4.69) is 25.1 Å². The maximum Gasteiger partial charge on any atom is 0.311 e. The molecule has 3 bridgehead atoms. The Kier molecular flexibility index (Phi) is 9.44. The molecule has 1 spiro atoms. The Morgan fingerprint density at radius 1 is 1.02 bits per heavy atom. The van der Waals surface area contributed by atoms with Gasteiger partial charge in [0.25, 0.3) is 0 Å². The summed E-state index contributed by atoms with van der Waals surface area (Å²) in [5.74, 6) is -3.11. The number of rotatable bonds is 6. The molecule has 1 unspecified atom stereocenters. The van der Waals surface area contributed by atoms with Crippen molar-refractivity contribution in [2.45, 2.75) is 134 Å². The molecule has 2 N–H and O–H groups in total. The number of carbonyl (C=O) groups is 1. The van der Waals surface area contributed by atoms with Crippen molar-refractivity contribution in [3.8, 4) is 0 Å². The van der Waals surface area contributed by atoms with Gasteiger partial charge in [-0.3, -0.25) is 4.79 Å². The maximum atomic E-state index is 13.6. The summed E-state index contributed by atoms with van der Waals surface area (Å²) < 4.78 is 33.3. The van der Waals surface area contributed by atoms with Crippen molar-refractivity contribution in [2.75, 3.05) is 14.1 Å². The first kappa shape index (κ1) is 33.5. The second-order valence-corrected chi connectivity index (χ2v) is 14.4. The normalized spacial score (nSPS) is 46.3. The van der Waals surface area contributed by atoms with Crippen molar-refractivity contribution in [1.82, 2.24) is 4.90 Å². The fraction of sp³-hybridized carbons (Fsp3) is 0.743. The van der Waals surface area contributed by atoms with Gasteiger partial charge < -0.3 is 38.8 Å². The number of carbonyl (C=O) groups excluding carboxylic acids is 1. The topological polar surface area (TPSA) is 107 Å². The van der Waals surface area contributed by atoms with Crippen LogP contribution in [0.2, 0.25) is 0 Å². The molecule has 246 valence electrons. The Morgan fingerprint density at radius 2 is 1.70 bits per heavy atom. The van der Waals surface area contributed by atoms with Crippen LogP contribution >= 0.6 is 0 Å². The number of ether oxygens (including phenoxy) is 5. The fourth-order valence-electron chi connectivity index (χ4n) is 8.18. The van der Waals surface area contributed by atoms with Crippen molar-refractivity contribution < 1.29 is 38.7 Å². The Hall–Kier alpha value is -1.85. The number of aliphatic hydroxyl groups excluding tert-OH is 2. The second kappa shape index (κ2) is 12.4. The van der Waals surface area contributed by atoms with E-state index >= 15 is 0 Å². The Bertz CT molecular complexity index is 1210. The quantitative estimate of drug-likeness (QED) is 0.359. The number of esters is 1. The second-order valence-electron chi connectivity index (χ2n) is 14.4. The van der Waals surface area contributed by atoms with E-state index in [9.17, 15) is 15.0 Å². The molecule has 0 aromatic heterocycles. The minimum atomic E-state index is -1.11. The summed E-state index contributed by atoms with van der Waals surface area (Å²) in [5, 5.41) is 23.1. The zero-order valence-corrected chi connectivity index (χ0v) is 27.9. The minimum Gasteiger partial charge on any atom is -0.459 e. The number of fused-ring (bicyclic) bond motifs is 2. The van der Waals surface area contributed by atoms with Crippen molar-refractivity contribution in [3.05, 3.63) is 47.5 Å². The Balaban J connectivity index is 1.60. The van der Waals surface area contributed by atoms with Crippen LogP contribution in [0.4, 0.5) is 0 Å². The van der Waals surface area contributed by atoms with Gasteiger partial charge in [0.2, 0.25) is 0 Å². The van der Waals surface area contributed by atoms with Crippen LogP contribution in [0.3, 0.4) is 0 Å². The minimum absolute atomic E-state index is 0.100. The molecule has 0 radical (unpaired) electrons. The third-order valence-corrected chi connectivity index (χ3v) is 10.6. The highest BCUT2D eigenvalue weighted by atomic mass is 16.8. The molecule has 5 rings (SSSR count). The van der Waals surface area contributed by atoms with E-state index in [1.807, 2.05) is 71.8 Å². The van der Waals surface area contributed by atoms with Crippen molar-refractivity contribution in [2.24, 2.45) is 17.8 Å². The summed E-state index contributed by atoms with van der Waals surface area (Å²) in [6.45, 7) is 13.6. The summed E-state index contributed by atoms with van der Waals surface area (Å²) in [6, 6.07) is 10.0. The summed E-state index contributed by atoms with van der Waals surface area (Å²) in [4.78, 5) is 15.6. The molecule has 9 heteroatoms. The molecule has 9 nitrogen and oxygen atoms in total. The lowest BCUT2D eigenvalue weighted by atomic mass is 9.78. The number of cyclic esters (lactones) is 1. The highest BCUT2D eigenvalue weighted by Gasteiger charge is 2.65. The molecule has 4 aliphatic rings. The molecule has 4 heterocycles. The smallest absolute Gasteiger partial charge is 0.311 e. The van der Waals surface area contributed by atoms with Gasteiger partial charge in [-0.25, -0.2) is 0 Å². The van der Waals surface area contributed by atoms with Gasteiger partial charge in [-0.15, -0.1) is 0 Å². The van der Waals surface area contributed by atoms with Crippen LogP contribution in [0.25, 0.3) is 0 Å². The summed E-state index contributed by atoms with van der Waals surface area (Å²) in [7, 11) is 3.87. The van der Waals surface area contributed by atoms with E-state index in [1.165, 1.54) is 0 Å². The summed E-state index contributed by atoms with van der Waals surface area (Å²) >= 11 is 0. The monoisotopic (exact) mass is 615 g/mol. The maximum absolute atomic E-state index is 13.6. The first-order valence-corrected chi connectivity index (χ1v) is 16.3. The molecule has 3 fully saturated rings. The summed E-state index contributed by atoms with van der Waals surface area (Å²) in [6.07, 6.45) is 0.0117. The first-order chi connectivity index (χ1) is 20.6. The van der Waals surface area contributed by atoms with Gasteiger partial charge in [-0.1, -0.05) is 51.1 Å². The third kappa shape index (κ3) is 5.90. The number of hydrogen-bond donors (Lipinski definition) is 2. The van der Waals surface area contributed by atoms with E-state index < -0.39 is 65.5 Å². The number of benzene rings is 1. The zero-order chi connectivity index (χ0) is 32.2. The molecule has 3 saturated heterocycles. The van der Waals surface area contributed by atoms with E-state index in [-0.39, 0.29) is 18.1 Å². The number of aliphatic hydroxyl groups is 2. The van der Waals surface area contributed by atoms with Gasteiger partial charge in [-0.2, -0.15) is 0 Å². The van der Waals surface area contributed by atoms with E-state index in [1.54, 1.807) is 6.92 Å². The van der Waals surface area contributed by atoms with Crippen LogP contribution in [-0.4, -0.2) is 95.0 Å². The van der Waals surface area contributed by atoms with E-state index in [4.69, 9.17) is 23.7 Å². The molecular formula is C35H53NO8. The SMILES string of the molecule is CC[C@H]1OC(=O)[C@H](C)[C@@H](O)[C@H](C)[C@@H](O[C@@H]2O[C@H](C)C[C@H](N(C)C)[C@H]2O)[C@@]2(C)C[C@@H](C)C3(O2)O[C@@]1(C)C=C3Cc1ccccc1. The third-order valence-electron chi connectivity index (χ3n) is 10.6. The molecule has 0 saturated carbocycles. The van der Waals surface area contributed by atoms with Crippen LogP contribution in [0.1, 0.15) is 73.3 Å². The van der Waals surface area contributed by atoms with Gasteiger partial charge in [0, 0.05) is 17.9 Å². The van der Waals surface area contributed by atoms with Gasteiger partial charge in [-0.05, 0) is 84.7 Å². The standard InChI is InChI=1S/C35H53NO8/c1-10-27-33(6)19-25(17-24-14-12-11-13-15-24)35(43-33)20(2)18-34(7,44-35)30(22(4)28(37)23(5)31(39)41-27)42-32-29(38)26(36(8)9)16-21(3)40-32/h11-15,19-23,26-30,32,37-38H,10,16-18H2,1-9H3/t20-,21-,22+,23-,26+,27-,28+,29-,30-,32+,33+,34-,35?/m1/s1. The van der Waals surface area contributed by atoms with Crippen molar-refractivity contribution in [3.63, 3.8) is 0 Å². The fourth-order valence-corrected chi connectivity index (χ4v) is 8.18. The first-order valence-electron chi connectivity index (χ1n) is 16.3. The summed E-state index contributed by atoms with van der Waals surface area (Å²) in [5.41, 5.74) is 0.198. The molecule has 4 aliphatic heterocycles. The molecule has 0 amide bonds.